The van der Waals surface area contributed by atoms with Crippen molar-refractivity contribution in [3.05, 3.63) is 24.3 Å². The van der Waals surface area contributed by atoms with Gasteiger partial charge in [-0.2, -0.15) is 0 Å². The minimum absolute atomic E-state index is 0.0384. The largest absolute Gasteiger partial charge is 0.291 e. The maximum atomic E-state index is 4.73. The predicted octanol–water partition coefficient (Wildman–Crippen LogP) is 4.55. The molecule has 0 radical (unpaired) electrons. The average molecular weight is 219 g/mol. The molecule has 0 fully saturated rings. The third-order valence-electron chi connectivity index (χ3n) is 2.86. The molecule has 1 aliphatic rings. The van der Waals surface area contributed by atoms with Crippen LogP contribution < -0.4 is 0 Å². The summed E-state index contributed by atoms with van der Waals surface area (Å²) in [7, 11) is 0. The van der Waals surface area contributed by atoms with Gasteiger partial charge in [-0.3, -0.25) is 4.99 Å². The lowest BCUT2D eigenvalue weighted by Gasteiger charge is -2.23. The molecule has 1 rings (SSSR count). The van der Waals surface area contributed by atoms with Crippen LogP contribution in [0.3, 0.4) is 0 Å². The molecule has 1 nitrogen and oxygen atoms in total. The Morgan fingerprint density at radius 2 is 1.38 bits per heavy atom. The molecule has 0 N–H and O–H groups in total. The number of hydrogen-bond acceptors (Lipinski definition) is 1. The molecular formula is C15H25N. The van der Waals surface area contributed by atoms with E-state index in [9.17, 15) is 0 Å². The first kappa shape index (κ1) is 13.2. The number of aliphatic imine (C=N–C) groups is 1. The quantitative estimate of drug-likeness (QED) is 0.530. The van der Waals surface area contributed by atoms with Gasteiger partial charge in [0, 0.05) is 11.6 Å². The van der Waals surface area contributed by atoms with Crippen molar-refractivity contribution in [3.8, 4) is 0 Å². The van der Waals surface area contributed by atoms with Gasteiger partial charge in [-0.15, -0.1) is 0 Å². The monoisotopic (exact) mass is 219 g/mol. The van der Waals surface area contributed by atoms with Gasteiger partial charge in [0.1, 0.15) is 0 Å². The molecule has 0 unspecified atom stereocenters. The van der Waals surface area contributed by atoms with Crippen LogP contribution in [0.5, 0.6) is 0 Å². The lowest BCUT2D eigenvalue weighted by atomic mass is 9.89. The van der Waals surface area contributed by atoms with Gasteiger partial charge in [-0.05, 0) is 39.5 Å². The molecule has 1 heteroatoms. The van der Waals surface area contributed by atoms with E-state index in [4.69, 9.17) is 4.99 Å². The molecule has 0 saturated heterocycles. The van der Waals surface area contributed by atoms with E-state index in [0.717, 1.165) is 25.7 Å². The van der Waals surface area contributed by atoms with Crippen molar-refractivity contribution in [2.45, 2.75) is 58.9 Å². The molecule has 0 aliphatic carbocycles. The highest BCUT2D eigenvalue weighted by Crippen LogP contribution is 2.22. The van der Waals surface area contributed by atoms with E-state index in [0.29, 0.717) is 0 Å². The standard InChI is InChI=1S/C15H25N/c1-14(2)11-9-7-5-6-8-10-12-15(3,4)16-13-14/h7-10,13H,5-6,11-12H2,1-4H3/b9-7+,10-8+,16-13+. The number of hydrogen-bond donors (Lipinski definition) is 0. The molecule has 0 aromatic rings. The highest BCUT2D eigenvalue weighted by Gasteiger charge is 2.17. The highest BCUT2D eigenvalue weighted by molar-refractivity contribution is 5.65. The summed E-state index contributed by atoms with van der Waals surface area (Å²) in [6.07, 6.45) is 15.7. The van der Waals surface area contributed by atoms with Gasteiger partial charge in [-0.1, -0.05) is 38.2 Å². The van der Waals surface area contributed by atoms with Crippen LogP contribution >= 0.6 is 0 Å². The Bertz CT molecular complexity index is 263. The molecule has 0 amide bonds. The topological polar surface area (TPSA) is 12.4 Å². The molecular weight excluding hydrogens is 194 g/mol. The highest BCUT2D eigenvalue weighted by atomic mass is 14.8. The molecule has 0 saturated carbocycles. The Morgan fingerprint density at radius 3 is 2.00 bits per heavy atom. The first-order valence-corrected chi connectivity index (χ1v) is 6.28. The van der Waals surface area contributed by atoms with E-state index in [1.165, 1.54) is 0 Å². The summed E-state index contributed by atoms with van der Waals surface area (Å²) in [5, 5.41) is 0. The van der Waals surface area contributed by atoms with Crippen LogP contribution in [0, 0.1) is 5.41 Å². The minimum Gasteiger partial charge on any atom is -0.291 e. The molecule has 0 atom stereocenters. The summed E-state index contributed by atoms with van der Waals surface area (Å²) >= 11 is 0. The molecule has 0 bridgehead atoms. The average Bonchev–Trinajstić information content (AvgIpc) is 2.18. The van der Waals surface area contributed by atoms with Gasteiger partial charge in [0.25, 0.3) is 0 Å². The van der Waals surface area contributed by atoms with Crippen LogP contribution in [0.15, 0.2) is 29.3 Å². The number of allylic oxidation sites excluding steroid dienone is 3. The van der Waals surface area contributed by atoms with Gasteiger partial charge >= 0.3 is 0 Å². The lowest BCUT2D eigenvalue weighted by molar-refractivity contribution is 0.499. The molecule has 1 heterocycles. The van der Waals surface area contributed by atoms with Crippen LogP contribution in [-0.4, -0.2) is 11.8 Å². The predicted molar refractivity (Wildman–Crippen MR) is 73.1 cm³/mol. The van der Waals surface area contributed by atoms with E-state index in [-0.39, 0.29) is 11.0 Å². The Kier molecular flexibility index (Phi) is 4.52. The first-order valence-electron chi connectivity index (χ1n) is 6.28. The smallest absolute Gasteiger partial charge is 0.0582 e. The maximum Gasteiger partial charge on any atom is 0.0582 e. The molecule has 0 spiro atoms. The van der Waals surface area contributed by atoms with Gasteiger partial charge < -0.3 is 0 Å². The van der Waals surface area contributed by atoms with Crippen molar-refractivity contribution >= 4 is 6.21 Å². The van der Waals surface area contributed by atoms with Crippen molar-refractivity contribution in [1.29, 1.82) is 0 Å². The van der Waals surface area contributed by atoms with Crippen molar-refractivity contribution in [2.24, 2.45) is 10.4 Å². The Hall–Kier alpha value is -0.850. The molecule has 1 aliphatic heterocycles. The zero-order chi connectivity index (χ0) is 12.1. The van der Waals surface area contributed by atoms with Crippen molar-refractivity contribution in [1.82, 2.24) is 0 Å². The third-order valence-corrected chi connectivity index (χ3v) is 2.86. The van der Waals surface area contributed by atoms with Crippen LogP contribution in [0.4, 0.5) is 0 Å². The Morgan fingerprint density at radius 1 is 0.812 bits per heavy atom. The summed E-state index contributed by atoms with van der Waals surface area (Å²) in [4.78, 5) is 4.73. The fraction of sp³-hybridized carbons (Fsp3) is 0.667. The minimum atomic E-state index is 0.0384. The molecule has 0 aromatic carbocycles. The summed E-state index contributed by atoms with van der Waals surface area (Å²) in [6.45, 7) is 8.90. The molecule has 90 valence electrons. The normalized spacial score (nSPS) is 30.8. The van der Waals surface area contributed by atoms with Gasteiger partial charge in [-0.25, -0.2) is 0 Å². The van der Waals surface area contributed by atoms with Gasteiger partial charge in [0.05, 0.1) is 5.54 Å². The SMILES string of the molecule is CC1(C)/C=N/C(C)(C)C/C=C/CC/C=C/C1. The third kappa shape index (κ3) is 5.29. The van der Waals surface area contributed by atoms with Gasteiger partial charge in [0.2, 0.25) is 0 Å². The Labute approximate surface area is 100 Å². The van der Waals surface area contributed by atoms with E-state index < -0.39 is 0 Å². The van der Waals surface area contributed by atoms with E-state index >= 15 is 0 Å². The fourth-order valence-corrected chi connectivity index (χ4v) is 1.64. The molecule has 16 heavy (non-hydrogen) atoms. The summed E-state index contributed by atoms with van der Waals surface area (Å²) < 4.78 is 0. The van der Waals surface area contributed by atoms with E-state index in [1.54, 1.807) is 0 Å². The van der Waals surface area contributed by atoms with Crippen LogP contribution in [0.1, 0.15) is 53.4 Å². The zero-order valence-electron chi connectivity index (χ0n) is 11.2. The van der Waals surface area contributed by atoms with Crippen LogP contribution in [0.2, 0.25) is 0 Å². The summed E-state index contributed by atoms with van der Waals surface area (Å²) in [5.74, 6) is 0. The van der Waals surface area contributed by atoms with Gasteiger partial charge in [0.15, 0.2) is 0 Å². The number of rotatable bonds is 0. The lowest BCUT2D eigenvalue weighted by Crippen LogP contribution is -2.20. The van der Waals surface area contributed by atoms with Crippen LogP contribution in [-0.2, 0) is 0 Å². The second-order valence-corrected chi connectivity index (χ2v) is 5.99. The van der Waals surface area contributed by atoms with E-state index in [1.807, 2.05) is 0 Å². The zero-order valence-corrected chi connectivity index (χ0v) is 11.2. The van der Waals surface area contributed by atoms with Crippen LogP contribution in [0.25, 0.3) is 0 Å². The Balaban J connectivity index is 2.80. The second kappa shape index (κ2) is 5.47. The fourth-order valence-electron chi connectivity index (χ4n) is 1.64. The second-order valence-electron chi connectivity index (χ2n) is 5.99. The number of nitrogens with zero attached hydrogens (tertiary/aromatic N) is 1. The van der Waals surface area contributed by atoms with Crippen molar-refractivity contribution < 1.29 is 0 Å². The first-order chi connectivity index (χ1) is 7.41. The van der Waals surface area contributed by atoms with E-state index in [2.05, 4.69) is 58.2 Å². The summed E-state index contributed by atoms with van der Waals surface area (Å²) in [6, 6.07) is 0. The molecule has 0 aromatic heterocycles. The summed E-state index contributed by atoms with van der Waals surface area (Å²) in [5.41, 5.74) is 0.216. The maximum absolute atomic E-state index is 4.73. The van der Waals surface area contributed by atoms with Crippen molar-refractivity contribution in [3.63, 3.8) is 0 Å². The van der Waals surface area contributed by atoms with Crippen molar-refractivity contribution in [2.75, 3.05) is 0 Å².